The molecule has 0 fully saturated rings. The van der Waals surface area contributed by atoms with Crippen LogP contribution in [0.15, 0.2) is 42.5 Å². The molecule has 1 atom stereocenters. The van der Waals surface area contributed by atoms with Crippen LogP contribution in [0.1, 0.15) is 69.2 Å². The molecule has 0 unspecified atom stereocenters. The quantitative estimate of drug-likeness (QED) is 0.449. The van der Waals surface area contributed by atoms with Gasteiger partial charge in [-0.3, -0.25) is 13.9 Å². The number of carbonyl (C=O) groups excluding carboxylic acids is 2. The zero-order valence-corrected chi connectivity index (χ0v) is 24.4. The number of anilines is 1. The van der Waals surface area contributed by atoms with Gasteiger partial charge in [0.05, 0.1) is 11.9 Å². The summed E-state index contributed by atoms with van der Waals surface area (Å²) in [5.74, 6) is -0.365. The van der Waals surface area contributed by atoms with Crippen LogP contribution < -0.4 is 9.62 Å². The highest BCUT2D eigenvalue weighted by molar-refractivity contribution is 7.92. The molecule has 0 radical (unpaired) electrons. The summed E-state index contributed by atoms with van der Waals surface area (Å²) in [7, 11) is -3.54. The molecule has 0 saturated carbocycles. The highest BCUT2D eigenvalue weighted by Crippen LogP contribution is 2.25. The molecule has 0 aliphatic carbocycles. The molecule has 0 aromatic heterocycles. The van der Waals surface area contributed by atoms with E-state index < -0.39 is 21.6 Å². The Morgan fingerprint density at radius 1 is 1.03 bits per heavy atom. The van der Waals surface area contributed by atoms with E-state index in [4.69, 9.17) is 0 Å². The summed E-state index contributed by atoms with van der Waals surface area (Å²) in [6, 6.07) is 12.8. The highest BCUT2D eigenvalue weighted by Gasteiger charge is 2.31. The fourth-order valence-corrected chi connectivity index (χ4v) is 5.38. The first kappa shape index (κ1) is 30.4. The van der Waals surface area contributed by atoms with Crippen LogP contribution in [0, 0.1) is 20.8 Å². The molecule has 0 aliphatic rings. The highest BCUT2D eigenvalue weighted by atomic mass is 32.2. The van der Waals surface area contributed by atoms with E-state index in [-0.39, 0.29) is 24.8 Å². The number of nitrogens with one attached hydrogen (secondary N) is 1. The Balaban J connectivity index is 2.28. The first-order chi connectivity index (χ1) is 17.1. The molecule has 0 heterocycles. The standard InChI is InChI=1S/C29H43N3O4S/c1-9-25(28(34)30-29(5,6)7)31(20-24-15-10-13-21(2)19-24)27(33)17-12-18-32(37(8,35)36)26-16-11-14-22(3)23(26)4/h10-11,13-16,19,25H,9,12,17-18,20H2,1-8H3,(H,30,34)/t25-/m0/s1. The molecule has 7 nitrogen and oxygen atoms in total. The number of nitrogens with zero attached hydrogens (tertiary/aromatic N) is 2. The third-order valence-electron chi connectivity index (χ3n) is 6.32. The number of hydrogen-bond donors (Lipinski definition) is 1. The van der Waals surface area contributed by atoms with E-state index in [2.05, 4.69) is 5.32 Å². The zero-order chi connectivity index (χ0) is 28.0. The summed E-state index contributed by atoms with van der Waals surface area (Å²) in [5, 5.41) is 3.01. The van der Waals surface area contributed by atoms with Crippen LogP contribution in [0.25, 0.3) is 0 Å². The van der Waals surface area contributed by atoms with E-state index in [1.54, 1.807) is 11.0 Å². The van der Waals surface area contributed by atoms with Crippen LogP contribution in [0.2, 0.25) is 0 Å². The number of hydrogen-bond acceptors (Lipinski definition) is 4. The van der Waals surface area contributed by atoms with Gasteiger partial charge in [-0.05, 0) is 77.1 Å². The van der Waals surface area contributed by atoms with Crippen molar-refractivity contribution in [1.29, 1.82) is 0 Å². The Morgan fingerprint density at radius 3 is 2.24 bits per heavy atom. The minimum atomic E-state index is -3.54. The van der Waals surface area contributed by atoms with Crippen molar-refractivity contribution in [3.05, 3.63) is 64.7 Å². The lowest BCUT2D eigenvalue weighted by molar-refractivity contribution is -0.142. The zero-order valence-electron chi connectivity index (χ0n) is 23.6. The molecule has 0 spiro atoms. The largest absolute Gasteiger partial charge is 0.350 e. The number of rotatable bonds is 11. The Hall–Kier alpha value is -2.87. The monoisotopic (exact) mass is 529 g/mol. The second-order valence-corrected chi connectivity index (χ2v) is 12.7. The fourth-order valence-electron chi connectivity index (χ4n) is 4.37. The predicted molar refractivity (Wildman–Crippen MR) is 151 cm³/mol. The summed E-state index contributed by atoms with van der Waals surface area (Å²) in [6.07, 6.45) is 2.12. The van der Waals surface area contributed by atoms with Crippen molar-refractivity contribution in [2.45, 2.75) is 85.9 Å². The van der Waals surface area contributed by atoms with E-state index in [9.17, 15) is 18.0 Å². The van der Waals surface area contributed by atoms with Crippen molar-refractivity contribution in [1.82, 2.24) is 10.2 Å². The summed E-state index contributed by atoms with van der Waals surface area (Å²) in [5.41, 5.74) is 4.12. The summed E-state index contributed by atoms with van der Waals surface area (Å²) in [4.78, 5) is 28.4. The molecular formula is C29H43N3O4S. The third kappa shape index (κ3) is 8.88. The number of benzene rings is 2. The lowest BCUT2D eigenvalue weighted by Crippen LogP contribution is -2.53. The van der Waals surface area contributed by atoms with Crippen LogP contribution in [-0.2, 0) is 26.2 Å². The molecule has 8 heteroatoms. The Kier molecular flexibility index (Phi) is 10.3. The van der Waals surface area contributed by atoms with Crippen molar-refractivity contribution in [3.63, 3.8) is 0 Å². The predicted octanol–water partition coefficient (Wildman–Crippen LogP) is 4.88. The molecule has 2 aromatic carbocycles. The average Bonchev–Trinajstić information content (AvgIpc) is 2.76. The van der Waals surface area contributed by atoms with Gasteiger partial charge >= 0.3 is 0 Å². The van der Waals surface area contributed by atoms with Gasteiger partial charge in [-0.15, -0.1) is 0 Å². The number of carbonyl (C=O) groups is 2. The van der Waals surface area contributed by atoms with Crippen molar-refractivity contribution >= 4 is 27.5 Å². The summed E-state index contributed by atoms with van der Waals surface area (Å²) < 4.78 is 26.6. The third-order valence-corrected chi connectivity index (χ3v) is 7.50. The van der Waals surface area contributed by atoms with Crippen LogP contribution in [0.5, 0.6) is 0 Å². The van der Waals surface area contributed by atoms with Gasteiger partial charge in [-0.2, -0.15) is 0 Å². The van der Waals surface area contributed by atoms with Crippen molar-refractivity contribution < 1.29 is 18.0 Å². The molecule has 2 aromatic rings. The lowest BCUT2D eigenvalue weighted by atomic mass is 10.0. The molecule has 204 valence electrons. The second kappa shape index (κ2) is 12.6. The minimum absolute atomic E-state index is 0.127. The van der Waals surface area contributed by atoms with Gasteiger partial charge in [0.2, 0.25) is 21.8 Å². The second-order valence-electron chi connectivity index (χ2n) is 10.8. The van der Waals surface area contributed by atoms with Gasteiger partial charge < -0.3 is 10.2 Å². The Morgan fingerprint density at radius 2 is 1.68 bits per heavy atom. The molecular weight excluding hydrogens is 486 g/mol. The maximum absolute atomic E-state index is 13.6. The van der Waals surface area contributed by atoms with Crippen LogP contribution in [-0.4, -0.2) is 49.5 Å². The molecule has 0 aliphatic heterocycles. The van der Waals surface area contributed by atoms with Gasteiger partial charge in [-0.1, -0.05) is 48.9 Å². The molecule has 37 heavy (non-hydrogen) atoms. The molecule has 0 saturated heterocycles. The maximum Gasteiger partial charge on any atom is 0.243 e. The number of aryl methyl sites for hydroxylation is 2. The van der Waals surface area contributed by atoms with Gasteiger partial charge in [0.1, 0.15) is 6.04 Å². The molecule has 2 rings (SSSR count). The number of amides is 2. The SMILES string of the molecule is CC[C@@H](C(=O)NC(C)(C)C)N(Cc1cccc(C)c1)C(=O)CCCN(c1cccc(C)c1C)S(C)(=O)=O. The Bertz CT molecular complexity index is 1200. The first-order valence-corrected chi connectivity index (χ1v) is 14.7. The summed E-state index contributed by atoms with van der Waals surface area (Å²) >= 11 is 0. The van der Waals surface area contributed by atoms with Crippen LogP contribution in [0.4, 0.5) is 5.69 Å². The number of sulfonamides is 1. The van der Waals surface area contributed by atoms with Crippen LogP contribution >= 0.6 is 0 Å². The van der Waals surface area contributed by atoms with Gasteiger partial charge in [-0.25, -0.2) is 8.42 Å². The topological polar surface area (TPSA) is 86.8 Å². The van der Waals surface area contributed by atoms with Crippen LogP contribution in [0.3, 0.4) is 0 Å². The van der Waals surface area contributed by atoms with E-state index in [1.165, 1.54) is 10.6 Å². The molecule has 2 amide bonds. The average molecular weight is 530 g/mol. The van der Waals surface area contributed by atoms with E-state index in [1.807, 2.05) is 84.9 Å². The van der Waals surface area contributed by atoms with E-state index in [0.29, 0.717) is 25.1 Å². The smallest absolute Gasteiger partial charge is 0.243 e. The maximum atomic E-state index is 13.6. The van der Waals surface area contributed by atoms with Gasteiger partial charge in [0.25, 0.3) is 0 Å². The van der Waals surface area contributed by atoms with Crippen molar-refractivity contribution in [3.8, 4) is 0 Å². The fraction of sp³-hybridized carbons (Fsp3) is 0.517. The lowest BCUT2D eigenvalue weighted by Gasteiger charge is -2.33. The normalized spacial score (nSPS) is 12.6. The van der Waals surface area contributed by atoms with Crippen molar-refractivity contribution in [2.75, 3.05) is 17.1 Å². The van der Waals surface area contributed by atoms with E-state index in [0.717, 1.165) is 22.3 Å². The van der Waals surface area contributed by atoms with E-state index >= 15 is 0 Å². The molecule has 0 bridgehead atoms. The van der Waals surface area contributed by atoms with Crippen molar-refractivity contribution in [2.24, 2.45) is 0 Å². The summed E-state index contributed by atoms with van der Waals surface area (Å²) in [6.45, 7) is 14.0. The molecule has 1 N–H and O–H groups in total. The van der Waals surface area contributed by atoms with Gasteiger partial charge in [0, 0.05) is 25.0 Å². The Labute approximate surface area is 223 Å². The first-order valence-electron chi connectivity index (χ1n) is 12.8. The minimum Gasteiger partial charge on any atom is -0.350 e. The van der Waals surface area contributed by atoms with Gasteiger partial charge in [0.15, 0.2) is 0 Å².